The van der Waals surface area contributed by atoms with Crippen LogP contribution in [0.3, 0.4) is 0 Å². The summed E-state index contributed by atoms with van der Waals surface area (Å²) in [6.07, 6.45) is 0.0546. The lowest BCUT2D eigenvalue weighted by Crippen LogP contribution is -2.26. The van der Waals surface area contributed by atoms with Crippen molar-refractivity contribution in [1.29, 1.82) is 0 Å². The normalized spacial score (nSPS) is 13.3. The number of benzene rings is 3. The zero-order valence-corrected chi connectivity index (χ0v) is 17.5. The first-order valence-corrected chi connectivity index (χ1v) is 10.7. The second-order valence-electron chi connectivity index (χ2n) is 7.82. The Kier molecular flexibility index (Phi) is 5.35. The highest BCUT2D eigenvalue weighted by Gasteiger charge is 2.28. The average molecular weight is 422 g/mol. The van der Waals surface area contributed by atoms with Crippen LogP contribution in [-0.2, 0) is 11.3 Å². The summed E-state index contributed by atoms with van der Waals surface area (Å²) in [6.45, 7) is 1.20. The van der Waals surface area contributed by atoms with E-state index in [1.54, 1.807) is 0 Å². The number of fused-ring (bicyclic) bond motifs is 4. The molecule has 3 aromatic carbocycles. The van der Waals surface area contributed by atoms with Crippen molar-refractivity contribution in [1.82, 2.24) is 10.6 Å². The van der Waals surface area contributed by atoms with Crippen molar-refractivity contribution in [3.8, 4) is 23.0 Å². The number of hydrogen-bond donors (Lipinski definition) is 2. The van der Waals surface area contributed by atoms with Gasteiger partial charge in [-0.25, -0.2) is 4.79 Å². The first-order valence-electron chi connectivity index (χ1n) is 10.7. The molecule has 0 spiro atoms. The minimum Gasteiger partial charge on any atom is -0.449 e. The molecule has 5 heteroatoms. The summed E-state index contributed by atoms with van der Waals surface area (Å²) in [5.41, 5.74) is 7.27. The number of carbonyl (C=O) groups is 2. The van der Waals surface area contributed by atoms with Crippen LogP contribution in [0.25, 0.3) is 11.1 Å². The molecule has 2 amide bonds. The van der Waals surface area contributed by atoms with Crippen LogP contribution in [-0.4, -0.2) is 25.2 Å². The molecular weight excluding hydrogens is 400 g/mol. The van der Waals surface area contributed by atoms with Crippen LogP contribution >= 0.6 is 0 Å². The van der Waals surface area contributed by atoms with Crippen LogP contribution in [0.5, 0.6) is 0 Å². The number of hydrogen-bond acceptors (Lipinski definition) is 3. The Morgan fingerprint density at radius 2 is 1.66 bits per heavy atom. The van der Waals surface area contributed by atoms with Crippen molar-refractivity contribution in [2.24, 2.45) is 0 Å². The van der Waals surface area contributed by atoms with E-state index in [-0.39, 0.29) is 11.8 Å². The Hall–Kier alpha value is -4.04. The molecule has 32 heavy (non-hydrogen) atoms. The molecule has 0 bridgehead atoms. The minimum atomic E-state index is -0.441. The highest BCUT2D eigenvalue weighted by molar-refractivity contribution is 5.99. The highest BCUT2D eigenvalue weighted by Crippen LogP contribution is 2.44. The van der Waals surface area contributed by atoms with Gasteiger partial charge in [-0.1, -0.05) is 66.4 Å². The predicted octanol–water partition coefficient (Wildman–Crippen LogP) is 4.21. The van der Waals surface area contributed by atoms with Gasteiger partial charge in [-0.3, -0.25) is 4.79 Å². The van der Waals surface area contributed by atoms with Gasteiger partial charge in [-0.05, 0) is 39.9 Å². The van der Waals surface area contributed by atoms with Crippen LogP contribution in [0.4, 0.5) is 4.79 Å². The van der Waals surface area contributed by atoms with E-state index in [2.05, 4.69) is 46.7 Å². The second-order valence-corrected chi connectivity index (χ2v) is 7.82. The summed E-state index contributed by atoms with van der Waals surface area (Å²) in [5, 5.41) is 5.58. The first kappa shape index (κ1) is 19.9. The summed E-state index contributed by atoms with van der Waals surface area (Å²) in [5.74, 6) is 6.16. The molecule has 1 heterocycles. The van der Waals surface area contributed by atoms with E-state index in [1.165, 1.54) is 22.3 Å². The maximum atomic E-state index is 12.2. The lowest BCUT2D eigenvalue weighted by atomic mass is 9.98. The van der Waals surface area contributed by atoms with Gasteiger partial charge in [0.25, 0.3) is 5.91 Å². The monoisotopic (exact) mass is 422 g/mol. The fourth-order valence-electron chi connectivity index (χ4n) is 4.41. The number of amides is 2. The third-order valence-electron chi connectivity index (χ3n) is 5.93. The number of carbonyl (C=O) groups excluding carboxylic acids is 2. The van der Waals surface area contributed by atoms with E-state index < -0.39 is 6.09 Å². The smallest absolute Gasteiger partial charge is 0.407 e. The Bertz CT molecular complexity index is 1220. The van der Waals surface area contributed by atoms with Crippen LogP contribution in [0, 0.1) is 11.8 Å². The molecule has 2 aliphatic rings. The van der Waals surface area contributed by atoms with Gasteiger partial charge in [0.1, 0.15) is 6.61 Å². The lowest BCUT2D eigenvalue weighted by molar-refractivity contribution is 0.0965. The van der Waals surface area contributed by atoms with Crippen LogP contribution in [0.2, 0.25) is 0 Å². The van der Waals surface area contributed by atoms with Crippen LogP contribution in [0.15, 0.2) is 66.7 Å². The SMILES string of the molecule is O=C(NCCC#Cc1cccc2c1CNC2=O)OCC1c2ccccc2-c2ccccc21. The molecule has 3 aromatic rings. The molecule has 5 nitrogen and oxygen atoms in total. The second kappa shape index (κ2) is 8.60. The quantitative estimate of drug-likeness (QED) is 0.489. The Morgan fingerprint density at radius 3 is 2.41 bits per heavy atom. The fraction of sp³-hybridized carbons (Fsp3) is 0.185. The third kappa shape index (κ3) is 3.72. The van der Waals surface area contributed by atoms with E-state index in [0.717, 1.165) is 11.1 Å². The van der Waals surface area contributed by atoms with Crippen molar-refractivity contribution in [3.05, 3.63) is 94.5 Å². The fourth-order valence-corrected chi connectivity index (χ4v) is 4.41. The topological polar surface area (TPSA) is 67.4 Å². The number of rotatable bonds is 4. The minimum absolute atomic E-state index is 0.0458. The Morgan fingerprint density at radius 1 is 0.969 bits per heavy atom. The molecule has 0 radical (unpaired) electrons. The van der Waals surface area contributed by atoms with E-state index in [9.17, 15) is 9.59 Å². The molecule has 1 aliphatic carbocycles. The number of alkyl carbamates (subject to hydrolysis) is 1. The number of nitrogens with one attached hydrogen (secondary N) is 2. The van der Waals surface area contributed by atoms with Gasteiger partial charge in [-0.2, -0.15) is 0 Å². The molecule has 5 rings (SSSR count). The Balaban J connectivity index is 1.14. The lowest BCUT2D eigenvalue weighted by Gasteiger charge is -2.14. The molecule has 158 valence electrons. The molecule has 0 saturated heterocycles. The molecule has 2 N–H and O–H groups in total. The number of ether oxygens (including phenoxy) is 1. The molecule has 1 aliphatic heterocycles. The van der Waals surface area contributed by atoms with Crippen molar-refractivity contribution in [2.45, 2.75) is 18.9 Å². The maximum Gasteiger partial charge on any atom is 0.407 e. The first-order chi connectivity index (χ1) is 15.7. The summed E-state index contributed by atoms with van der Waals surface area (Å²) < 4.78 is 5.53. The molecule has 0 atom stereocenters. The van der Waals surface area contributed by atoms with Gasteiger partial charge in [0.2, 0.25) is 0 Å². The highest BCUT2D eigenvalue weighted by atomic mass is 16.5. The van der Waals surface area contributed by atoms with Crippen molar-refractivity contribution in [3.63, 3.8) is 0 Å². The Labute approximate surface area is 186 Å². The molecule has 0 saturated carbocycles. The van der Waals surface area contributed by atoms with Gasteiger partial charge < -0.3 is 15.4 Å². The molecule has 0 fully saturated rings. The molecular formula is C27H22N2O3. The summed E-state index contributed by atoms with van der Waals surface area (Å²) >= 11 is 0. The zero-order valence-electron chi connectivity index (χ0n) is 17.5. The molecule has 0 aromatic heterocycles. The summed E-state index contributed by atoms with van der Waals surface area (Å²) in [7, 11) is 0. The van der Waals surface area contributed by atoms with Crippen molar-refractivity contribution in [2.75, 3.05) is 13.2 Å². The van der Waals surface area contributed by atoms with Crippen LogP contribution in [0.1, 0.15) is 45.0 Å². The third-order valence-corrected chi connectivity index (χ3v) is 5.93. The van der Waals surface area contributed by atoms with Gasteiger partial charge in [0, 0.05) is 36.6 Å². The summed E-state index contributed by atoms with van der Waals surface area (Å²) in [4.78, 5) is 24.0. The zero-order chi connectivity index (χ0) is 21.9. The van der Waals surface area contributed by atoms with Gasteiger partial charge in [0.15, 0.2) is 0 Å². The largest absolute Gasteiger partial charge is 0.449 e. The van der Waals surface area contributed by atoms with Crippen molar-refractivity contribution < 1.29 is 14.3 Å². The van der Waals surface area contributed by atoms with E-state index in [4.69, 9.17) is 4.74 Å². The van der Waals surface area contributed by atoms with Crippen LogP contribution < -0.4 is 10.6 Å². The van der Waals surface area contributed by atoms with Gasteiger partial charge in [0.05, 0.1) is 0 Å². The van der Waals surface area contributed by atoms with E-state index in [1.807, 2.05) is 42.5 Å². The summed E-state index contributed by atoms with van der Waals surface area (Å²) in [6, 6.07) is 22.1. The maximum absolute atomic E-state index is 12.2. The predicted molar refractivity (Wildman–Crippen MR) is 122 cm³/mol. The average Bonchev–Trinajstić information content (AvgIpc) is 3.36. The van der Waals surface area contributed by atoms with E-state index in [0.29, 0.717) is 31.7 Å². The van der Waals surface area contributed by atoms with Crippen molar-refractivity contribution >= 4 is 12.0 Å². The molecule has 0 unspecified atom stereocenters. The van der Waals surface area contributed by atoms with Gasteiger partial charge >= 0.3 is 6.09 Å². The van der Waals surface area contributed by atoms with Gasteiger partial charge in [-0.15, -0.1) is 0 Å². The standard InChI is InChI=1S/C27H22N2O3/c30-26-23-14-7-9-18(24(23)16-29-26)8-5-6-15-28-27(31)32-17-25-21-12-3-1-10-19(21)20-11-2-4-13-22(20)25/h1-4,7,9-14,25H,6,15-17H2,(H,28,31)(H,29,30). The van der Waals surface area contributed by atoms with E-state index >= 15 is 0 Å².